The minimum atomic E-state index is -0.477. The van der Waals surface area contributed by atoms with Crippen molar-refractivity contribution in [1.82, 2.24) is 9.38 Å². The van der Waals surface area contributed by atoms with Gasteiger partial charge < -0.3 is 10.0 Å². The van der Waals surface area contributed by atoms with E-state index in [0.717, 1.165) is 11.3 Å². The first-order valence-corrected chi connectivity index (χ1v) is 8.00. The van der Waals surface area contributed by atoms with Crippen LogP contribution in [0, 0.1) is 6.92 Å². The Morgan fingerprint density at radius 2 is 1.96 bits per heavy atom. The molecule has 5 heteroatoms. The number of aromatic nitrogens is 2. The van der Waals surface area contributed by atoms with Crippen LogP contribution in [0.2, 0.25) is 0 Å². The molecule has 0 saturated heterocycles. The molecule has 0 spiro atoms. The molecule has 3 aromatic rings. The maximum Gasteiger partial charge on any atom is 0.258 e. The molecule has 0 saturated carbocycles. The van der Waals surface area contributed by atoms with Crippen LogP contribution in [0.5, 0.6) is 0 Å². The second kappa shape index (κ2) is 6.84. The van der Waals surface area contributed by atoms with E-state index in [1.807, 2.05) is 54.3 Å². The normalized spacial score (nSPS) is 12.3. The van der Waals surface area contributed by atoms with Gasteiger partial charge in [-0.15, -0.1) is 0 Å². The van der Waals surface area contributed by atoms with E-state index in [1.54, 1.807) is 23.6 Å². The molecular weight excluding hydrogens is 302 g/mol. The molecule has 1 aromatic carbocycles. The summed E-state index contributed by atoms with van der Waals surface area (Å²) in [5.41, 5.74) is 3.23. The second-order valence-corrected chi connectivity index (χ2v) is 6.09. The molecule has 1 N–H and O–H groups in total. The summed E-state index contributed by atoms with van der Waals surface area (Å²) in [4.78, 5) is 19.0. The van der Waals surface area contributed by atoms with Crippen LogP contribution >= 0.6 is 0 Å². The maximum absolute atomic E-state index is 12.3. The molecule has 3 rings (SSSR count). The number of hydrogen-bond acceptors (Lipinski definition) is 4. The van der Waals surface area contributed by atoms with Crippen molar-refractivity contribution >= 4 is 11.3 Å². The highest BCUT2D eigenvalue weighted by Crippen LogP contribution is 2.16. The number of rotatable bonds is 5. The molecule has 124 valence electrons. The number of pyridine rings is 1. The molecule has 0 radical (unpaired) electrons. The minimum absolute atomic E-state index is 0.0937. The van der Waals surface area contributed by atoms with Gasteiger partial charge in [-0.25, -0.2) is 4.98 Å². The van der Waals surface area contributed by atoms with Gasteiger partial charge in [-0.05, 0) is 37.6 Å². The Balaban J connectivity index is 1.96. The Labute approximate surface area is 140 Å². The summed E-state index contributed by atoms with van der Waals surface area (Å²) in [6, 6.07) is 15.2. The largest absolute Gasteiger partial charge is 0.392 e. The van der Waals surface area contributed by atoms with Crippen LogP contribution < -0.4 is 10.5 Å². The van der Waals surface area contributed by atoms with Crippen molar-refractivity contribution in [3.05, 3.63) is 76.3 Å². The van der Waals surface area contributed by atoms with Crippen molar-refractivity contribution in [2.75, 3.05) is 11.4 Å². The number of fused-ring (bicyclic) bond motifs is 1. The summed E-state index contributed by atoms with van der Waals surface area (Å²) in [5.74, 6) is 0. The lowest BCUT2D eigenvalue weighted by molar-refractivity contribution is 0.199. The minimum Gasteiger partial charge on any atom is -0.392 e. The highest BCUT2D eigenvalue weighted by Gasteiger charge is 2.12. The highest BCUT2D eigenvalue weighted by molar-refractivity contribution is 5.47. The zero-order chi connectivity index (χ0) is 17.1. The van der Waals surface area contributed by atoms with E-state index in [-0.39, 0.29) is 5.56 Å². The molecule has 0 aliphatic rings. The average Bonchev–Trinajstić information content (AvgIpc) is 2.55. The van der Waals surface area contributed by atoms with Crippen molar-refractivity contribution in [2.24, 2.45) is 0 Å². The van der Waals surface area contributed by atoms with Gasteiger partial charge in [0, 0.05) is 24.5 Å². The number of nitrogens with zero attached hydrogens (tertiary/aromatic N) is 3. The van der Waals surface area contributed by atoms with Gasteiger partial charge in [0.25, 0.3) is 5.56 Å². The number of para-hydroxylation sites is 1. The number of hydrogen-bond donors (Lipinski definition) is 1. The zero-order valence-corrected chi connectivity index (χ0v) is 13.9. The summed E-state index contributed by atoms with van der Waals surface area (Å²) in [5, 5.41) is 9.79. The molecule has 0 amide bonds. The van der Waals surface area contributed by atoms with Crippen molar-refractivity contribution in [3.63, 3.8) is 0 Å². The van der Waals surface area contributed by atoms with E-state index < -0.39 is 6.10 Å². The van der Waals surface area contributed by atoms with Crippen LogP contribution in [0.25, 0.3) is 5.65 Å². The summed E-state index contributed by atoms with van der Waals surface area (Å²) >= 11 is 0. The fourth-order valence-electron chi connectivity index (χ4n) is 2.75. The third-order valence-electron chi connectivity index (χ3n) is 3.82. The molecule has 2 aromatic heterocycles. The fraction of sp³-hybridized carbons (Fsp3) is 0.263. The summed E-state index contributed by atoms with van der Waals surface area (Å²) < 4.78 is 1.56. The van der Waals surface area contributed by atoms with Crippen LogP contribution in [-0.2, 0) is 6.54 Å². The first-order valence-electron chi connectivity index (χ1n) is 8.00. The summed E-state index contributed by atoms with van der Waals surface area (Å²) in [6.45, 7) is 4.63. The van der Waals surface area contributed by atoms with Crippen molar-refractivity contribution in [2.45, 2.75) is 26.5 Å². The lowest BCUT2D eigenvalue weighted by Crippen LogP contribution is -2.31. The van der Waals surface area contributed by atoms with Gasteiger partial charge in [0.15, 0.2) is 0 Å². The fourth-order valence-corrected chi connectivity index (χ4v) is 2.75. The SMILES string of the molecule is Cc1ccc2nc(CN(C[C@H](C)O)c3ccccc3)cc(=O)n2c1. The molecule has 0 unspecified atom stereocenters. The highest BCUT2D eigenvalue weighted by atomic mass is 16.3. The molecular formula is C19H21N3O2. The van der Waals surface area contributed by atoms with E-state index >= 15 is 0 Å². The Kier molecular flexibility index (Phi) is 4.62. The number of anilines is 1. The van der Waals surface area contributed by atoms with Gasteiger partial charge in [0.05, 0.1) is 18.3 Å². The molecule has 2 heterocycles. The lowest BCUT2D eigenvalue weighted by atomic mass is 10.2. The van der Waals surface area contributed by atoms with Gasteiger partial charge in [0.2, 0.25) is 0 Å². The van der Waals surface area contributed by atoms with Crippen molar-refractivity contribution < 1.29 is 5.11 Å². The lowest BCUT2D eigenvalue weighted by Gasteiger charge is -2.26. The van der Waals surface area contributed by atoms with E-state index in [0.29, 0.717) is 24.4 Å². The van der Waals surface area contributed by atoms with Gasteiger partial charge in [-0.1, -0.05) is 24.3 Å². The first-order chi connectivity index (χ1) is 11.5. The summed E-state index contributed by atoms with van der Waals surface area (Å²) in [6.07, 6.45) is 1.31. The summed E-state index contributed by atoms with van der Waals surface area (Å²) in [7, 11) is 0. The van der Waals surface area contributed by atoms with E-state index in [4.69, 9.17) is 0 Å². The van der Waals surface area contributed by atoms with Crippen molar-refractivity contribution in [1.29, 1.82) is 0 Å². The van der Waals surface area contributed by atoms with Gasteiger partial charge in [-0.3, -0.25) is 9.20 Å². The van der Waals surface area contributed by atoms with Crippen molar-refractivity contribution in [3.8, 4) is 0 Å². The van der Waals surface area contributed by atoms with Gasteiger partial charge in [0.1, 0.15) is 5.65 Å². The topological polar surface area (TPSA) is 57.8 Å². The molecule has 24 heavy (non-hydrogen) atoms. The Morgan fingerprint density at radius 1 is 1.21 bits per heavy atom. The maximum atomic E-state index is 12.3. The smallest absolute Gasteiger partial charge is 0.258 e. The molecule has 1 atom stereocenters. The van der Waals surface area contributed by atoms with Gasteiger partial charge >= 0.3 is 0 Å². The molecule has 0 fully saturated rings. The average molecular weight is 323 g/mol. The molecule has 0 bridgehead atoms. The molecule has 0 aliphatic carbocycles. The van der Waals surface area contributed by atoms with Crippen LogP contribution in [-0.4, -0.2) is 27.1 Å². The Morgan fingerprint density at radius 3 is 2.67 bits per heavy atom. The standard InChI is InChI=1S/C19H21N3O2/c1-14-8-9-18-20-16(10-19(24)22(18)11-14)13-21(12-15(2)23)17-6-4-3-5-7-17/h3-11,15,23H,12-13H2,1-2H3/t15-/m0/s1. The van der Waals surface area contributed by atoms with Gasteiger partial charge in [-0.2, -0.15) is 0 Å². The zero-order valence-electron chi connectivity index (χ0n) is 13.9. The predicted molar refractivity (Wildman–Crippen MR) is 95.4 cm³/mol. The van der Waals surface area contributed by atoms with Crippen LogP contribution in [0.1, 0.15) is 18.2 Å². The number of aliphatic hydroxyl groups excluding tert-OH is 1. The van der Waals surface area contributed by atoms with E-state index in [2.05, 4.69) is 4.98 Å². The molecule has 0 aliphatic heterocycles. The number of aliphatic hydroxyl groups is 1. The Bertz CT molecular complexity index is 888. The monoisotopic (exact) mass is 323 g/mol. The third-order valence-corrected chi connectivity index (χ3v) is 3.82. The first kappa shape index (κ1) is 16.2. The number of benzene rings is 1. The van der Waals surface area contributed by atoms with E-state index in [1.165, 1.54) is 0 Å². The van der Waals surface area contributed by atoms with Crippen LogP contribution in [0.3, 0.4) is 0 Å². The van der Waals surface area contributed by atoms with Crippen LogP contribution in [0.4, 0.5) is 5.69 Å². The van der Waals surface area contributed by atoms with E-state index in [9.17, 15) is 9.90 Å². The number of aryl methyl sites for hydroxylation is 1. The second-order valence-electron chi connectivity index (χ2n) is 6.09. The van der Waals surface area contributed by atoms with Crippen LogP contribution in [0.15, 0.2) is 59.5 Å². The Hall–Kier alpha value is -2.66. The quantitative estimate of drug-likeness (QED) is 0.783. The third kappa shape index (κ3) is 3.63. The predicted octanol–water partition coefficient (Wildman–Crippen LogP) is 2.39. The molecule has 5 nitrogen and oxygen atoms in total.